The molecule has 1 unspecified atom stereocenters. The molecule has 2 N–H and O–H groups in total. The Morgan fingerprint density at radius 1 is 1.09 bits per heavy atom. The molecule has 0 aliphatic carbocycles. The molecule has 0 radical (unpaired) electrons. The Balaban J connectivity index is 1.94. The highest BCUT2D eigenvalue weighted by Gasteiger charge is 2.15. The van der Waals surface area contributed by atoms with Gasteiger partial charge in [0, 0.05) is 11.8 Å². The Labute approximate surface area is 133 Å². The molecule has 23 heavy (non-hydrogen) atoms. The lowest BCUT2D eigenvalue weighted by Gasteiger charge is -2.15. The summed E-state index contributed by atoms with van der Waals surface area (Å²) in [5.74, 6) is -0.413. The molecule has 0 aliphatic rings. The van der Waals surface area contributed by atoms with Crippen LogP contribution in [0.15, 0.2) is 54.6 Å². The van der Waals surface area contributed by atoms with E-state index in [4.69, 9.17) is 14.6 Å². The molecule has 0 saturated heterocycles. The zero-order valence-electron chi connectivity index (χ0n) is 12.6. The van der Waals surface area contributed by atoms with E-state index < -0.39 is 18.7 Å². The van der Waals surface area contributed by atoms with Crippen LogP contribution >= 0.6 is 0 Å². The van der Waals surface area contributed by atoms with Crippen molar-refractivity contribution in [2.45, 2.75) is 13.0 Å². The first-order valence-electron chi connectivity index (χ1n) is 7.02. The monoisotopic (exact) mass is 315 g/mol. The number of aliphatic carboxylic acids is 1. The van der Waals surface area contributed by atoms with Gasteiger partial charge in [0.05, 0.1) is 0 Å². The van der Waals surface area contributed by atoms with Gasteiger partial charge in [0.15, 0.2) is 12.7 Å². The van der Waals surface area contributed by atoms with Crippen molar-refractivity contribution in [3.05, 3.63) is 54.6 Å². The van der Waals surface area contributed by atoms with Crippen LogP contribution in [0.2, 0.25) is 0 Å². The number of amides is 1. The molecular formula is C17H17NO5. The van der Waals surface area contributed by atoms with Crippen LogP contribution in [0.4, 0.5) is 5.69 Å². The number of hydrogen-bond acceptors (Lipinski definition) is 4. The van der Waals surface area contributed by atoms with E-state index in [1.807, 2.05) is 18.2 Å². The van der Waals surface area contributed by atoms with Crippen molar-refractivity contribution in [1.82, 2.24) is 0 Å². The fourth-order valence-electron chi connectivity index (χ4n) is 1.81. The first kappa shape index (κ1) is 16.4. The Bertz CT molecular complexity index is 672. The fraction of sp³-hybridized carbons (Fsp3) is 0.176. The van der Waals surface area contributed by atoms with Crippen molar-refractivity contribution < 1.29 is 24.2 Å². The zero-order valence-corrected chi connectivity index (χ0v) is 12.6. The average molecular weight is 315 g/mol. The van der Waals surface area contributed by atoms with Gasteiger partial charge < -0.3 is 19.9 Å². The van der Waals surface area contributed by atoms with E-state index in [2.05, 4.69) is 5.32 Å². The maximum atomic E-state index is 12.1. The molecule has 6 heteroatoms. The molecule has 0 bridgehead atoms. The number of carbonyl (C=O) groups excluding carboxylic acids is 1. The second-order valence-electron chi connectivity index (χ2n) is 4.77. The Morgan fingerprint density at radius 2 is 1.78 bits per heavy atom. The van der Waals surface area contributed by atoms with Crippen molar-refractivity contribution in [2.75, 3.05) is 11.9 Å². The van der Waals surface area contributed by atoms with Crippen LogP contribution < -0.4 is 14.8 Å². The van der Waals surface area contributed by atoms with Crippen molar-refractivity contribution in [1.29, 1.82) is 0 Å². The third kappa shape index (κ3) is 5.35. The quantitative estimate of drug-likeness (QED) is 0.820. The van der Waals surface area contributed by atoms with Crippen LogP contribution in [0.1, 0.15) is 6.92 Å². The number of nitrogens with one attached hydrogen (secondary N) is 1. The smallest absolute Gasteiger partial charge is 0.341 e. The van der Waals surface area contributed by atoms with Crippen LogP contribution in [-0.4, -0.2) is 29.7 Å². The predicted octanol–water partition coefficient (Wildman–Crippen LogP) is 2.56. The van der Waals surface area contributed by atoms with Gasteiger partial charge in [0.2, 0.25) is 0 Å². The van der Waals surface area contributed by atoms with E-state index in [-0.39, 0.29) is 5.91 Å². The maximum absolute atomic E-state index is 12.1. The summed E-state index contributed by atoms with van der Waals surface area (Å²) in [5.41, 5.74) is 0.501. The largest absolute Gasteiger partial charge is 0.482 e. The third-order valence-electron chi connectivity index (χ3n) is 2.89. The second-order valence-corrected chi connectivity index (χ2v) is 4.77. The van der Waals surface area contributed by atoms with Crippen molar-refractivity contribution in [3.63, 3.8) is 0 Å². The summed E-state index contributed by atoms with van der Waals surface area (Å²) in [6.45, 7) is 1.21. The van der Waals surface area contributed by atoms with E-state index in [0.29, 0.717) is 17.2 Å². The van der Waals surface area contributed by atoms with Gasteiger partial charge in [-0.25, -0.2) is 4.79 Å². The van der Waals surface area contributed by atoms with Gasteiger partial charge in [-0.3, -0.25) is 4.79 Å². The third-order valence-corrected chi connectivity index (χ3v) is 2.89. The van der Waals surface area contributed by atoms with Crippen LogP contribution in [0.5, 0.6) is 11.5 Å². The second kappa shape index (κ2) is 7.84. The molecule has 0 spiro atoms. The topological polar surface area (TPSA) is 84.9 Å². The lowest BCUT2D eigenvalue weighted by atomic mass is 10.2. The Morgan fingerprint density at radius 3 is 2.48 bits per heavy atom. The first-order valence-corrected chi connectivity index (χ1v) is 7.02. The van der Waals surface area contributed by atoms with Crippen LogP contribution in [0, 0.1) is 0 Å². The van der Waals surface area contributed by atoms with Gasteiger partial charge in [-0.2, -0.15) is 0 Å². The average Bonchev–Trinajstić information content (AvgIpc) is 2.54. The summed E-state index contributed by atoms with van der Waals surface area (Å²) < 4.78 is 10.6. The van der Waals surface area contributed by atoms with Gasteiger partial charge in [-0.1, -0.05) is 24.3 Å². The van der Waals surface area contributed by atoms with E-state index in [1.54, 1.807) is 43.3 Å². The highest BCUT2D eigenvalue weighted by molar-refractivity contribution is 5.94. The molecule has 0 aliphatic heterocycles. The number of benzene rings is 2. The van der Waals surface area contributed by atoms with Gasteiger partial charge >= 0.3 is 5.97 Å². The Kier molecular flexibility index (Phi) is 5.57. The van der Waals surface area contributed by atoms with E-state index in [9.17, 15) is 9.59 Å². The number of ether oxygens (including phenoxy) is 2. The summed E-state index contributed by atoms with van der Waals surface area (Å²) >= 11 is 0. The summed E-state index contributed by atoms with van der Waals surface area (Å²) in [6.07, 6.45) is -0.680. The molecule has 120 valence electrons. The molecule has 0 heterocycles. The van der Waals surface area contributed by atoms with E-state index in [1.165, 1.54) is 0 Å². The number of hydrogen-bond donors (Lipinski definition) is 2. The molecule has 0 saturated carbocycles. The normalized spacial score (nSPS) is 11.3. The Hall–Kier alpha value is -3.02. The van der Waals surface area contributed by atoms with Gasteiger partial charge in [0.25, 0.3) is 5.91 Å². The molecule has 0 fully saturated rings. The minimum Gasteiger partial charge on any atom is -0.482 e. The summed E-state index contributed by atoms with van der Waals surface area (Å²) in [7, 11) is 0. The molecular weight excluding hydrogens is 298 g/mol. The first-order chi connectivity index (χ1) is 11.0. The highest BCUT2D eigenvalue weighted by atomic mass is 16.5. The molecule has 1 atom stereocenters. The van der Waals surface area contributed by atoms with Crippen molar-refractivity contribution in [3.8, 4) is 11.5 Å². The molecule has 0 aromatic heterocycles. The molecule has 6 nitrogen and oxygen atoms in total. The zero-order chi connectivity index (χ0) is 16.7. The van der Waals surface area contributed by atoms with Crippen LogP contribution in [0.25, 0.3) is 0 Å². The molecule has 1 amide bonds. The summed E-state index contributed by atoms with van der Waals surface area (Å²) in [4.78, 5) is 22.6. The molecule has 2 aromatic rings. The molecule has 2 aromatic carbocycles. The minimum atomic E-state index is -1.07. The maximum Gasteiger partial charge on any atom is 0.341 e. The van der Waals surface area contributed by atoms with E-state index >= 15 is 0 Å². The highest BCUT2D eigenvalue weighted by Crippen LogP contribution is 2.18. The molecule has 2 rings (SSSR count). The number of carboxylic acid groups (broad SMARTS) is 1. The number of para-hydroxylation sites is 1. The minimum absolute atomic E-state index is 0.316. The number of rotatable bonds is 7. The number of anilines is 1. The van der Waals surface area contributed by atoms with Crippen LogP contribution in [0.3, 0.4) is 0 Å². The van der Waals surface area contributed by atoms with Gasteiger partial charge in [-0.15, -0.1) is 0 Å². The van der Waals surface area contributed by atoms with Crippen LogP contribution in [-0.2, 0) is 9.59 Å². The van der Waals surface area contributed by atoms with Crippen molar-refractivity contribution >= 4 is 17.6 Å². The standard InChI is InChI=1S/C17H17NO5/c1-12(23-14-7-3-2-4-8-14)17(21)18-13-6-5-9-15(10-13)22-11-16(19)20/h2-10,12H,11H2,1H3,(H,18,21)(H,19,20). The van der Waals surface area contributed by atoms with Gasteiger partial charge in [0.1, 0.15) is 11.5 Å². The summed E-state index contributed by atoms with van der Waals surface area (Å²) in [6, 6.07) is 15.6. The predicted molar refractivity (Wildman–Crippen MR) is 84.7 cm³/mol. The fourth-order valence-corrected chi connectivity index (χ4v) is 1.81. The number of carbonyl (C=O) groups is 2. The summed E-state index contributed by atoms with van der Waals surface area (Å²) in [5, 5.41) is 11.3. The van der Waals surface area contributed by atoms with E-state index in [0.717, 1.165) is 0 Å². The lowest BCUT2D eigenvalue weighted by molar-refractivity contribution is -0.139. The lowest BCUT2D eigenvalue weighted by Crippen LogP contribution is -2.30. The van der Waals surface area contributed by atoms with Crippen molar-refractivity contribution in [2.24, 2.45) is 0 Å². The SMILES string of the molecule is CC(Oc1ccccc1)C(=O)Nc1cccc(OCC(=O)O)c1. The van der Waals surface area contributed by atoms with Gasteiger partial charge in [-0.05, 0) is 31.2 Å². The number of carboxylic acids is 1.